The van der Waals surface area contributed by atoms with E-state index in [1.165, 1.54) is 17.7 Å². The van der Waals surface area contributed by atoms with Crippen molar-refractivity contribution in [2.75, 3.05) is 37.6 Å². The van der Waals surface area contributed by atoms with E-state index in [4.69, 9.17) is 5.11 Å². The number of nitrogens with zero attached hydrogens (tertiary/aromatic N) is 4. The zero-order chi connectivity index (χ0) is 16.2. The van der Waals surface area contributed by atoms with Crippen molar-refractivity contribution in [2.24, 2.45) is 5.92 Å². The first-order chi connectivity index (χ1) is 11.1. The molecule has 2 heterocycles. The monoisotopic (exact) mass is 319 g/mol. The number of nitrogens with one attached hydrogen (secondary N) is 1. The third-order valence-corrected chi connectivity index (χ3v) is 4.29. The van der Waals surface area contributed by atoms with E-state index in [0.29, 0.717) is 44.2 Å². The summed E-state index contributed by atoms with van der Waals surface area (Å²) in [6.07, 6.45) is 2.69. The summed E-state index contributed by atoms with van der Waals surface area (Å²) in [6.45, 7) is 2.73. The van der Waals surface area contributed by atoms with Crippen molar-refractivity contribution in [3.63, 3.8) is 0 Å². The van der Waals surface area contributed by atoms with Crippen LogP contribution in [0.4, 0.5) is 10.6 Å². The van der Waals surface area contributed by atoms with E-state index in [0.717, 1.165) is 12.3 Å². The summed E-state index contributed by atoms with van der Waals surface area (Å²) in [5.41, 5.74) is 0.314. The molecule has 8 heteroatoms. The first-order valence-electron chi connectivity index (χ1n) is 7.98. The van der Waals surface area contributed by atoms with E-state index in [-0.39, 0.29) is 5.91 Å². The van der Waals surface area contributed by atoms with E-state index in [1.54, 1.807) is 12.1 Å². The van der Waals surface area contributed by atoms with E-state index in [9.17, 15) is 9.59 Å². The second kappa shape index (κ2) is 6.80. The van der Waals surface area contributed by atoms with Crippen LogP contribution in [-0.2, 0) is 0 Å². The van der Waals surface area contributed by atoms with Crippen molar-refractivity contribution in [2.45, 2.75) is 19.3 Å². The maximum Gasteiger partial charge on any atom is 0.407 e. The summed E-state index contributed by atoms with van der Waals surface area (Å²) in [4.78, 5) is 26.2. The van der Waals surface area contributed by atoms with Gasteiger partial charge in [0.25, 0.3) is 5.91 Å². The molecule has 0 atom stereocenters. The van der Waals surface area contributed by atoms with Gasteiger partial charge in [-0.05, 0) is 24.5 Å². The van der Waals surface area contributed by atoms with Crippen molar-refractivity contribution < 1.29 is 14.7 Å². The lowest BCUT2D eigenvalue weighted by Gasteiger charge is -2.33. The first kappa shape index (κ1) is 15.5. The van der Waals surface area contributed by atoms with Gasteiger partial charge in [0.05, 0.1) is 0 Å². The summed E-state index contributed by atoms with van der Waals surface area (Å²) in [5, 5.41) is 19.9. The largest absolute Gasteiger partial charge is 0.465 e. The van der Waals surface area contributed by atoms with Crippen LogP contribution in [0.1, 0.15) is 29.8 Å². The Kier molecular flexibility index (Phi) is 4.59. The second-order valence-electron chi connectivity index (χ2n) is 6.02. The van der Waals surface area contributed by atoms with Gasteiger partial charge in [0.15, 0.2) is 11.5 Å². The molecular formula is C15H21N5O3. The molecule has 0 radical (unpaired) electrons. The van der Waals surface area contributed by atoms with Crippen LogP contribution in [0.5, 0.6) is 0 Å². The topological polar surface area (TPSA) is 98.7 Å². The summed E-state index contributed by atoms with van der Waals surface area (Å²) < 4.78 is 0. The van der Waals surface area contributed by atoms with Gasteiger partial charge in [-0.25, -0.2) is 4.79 Å². The average Bonchev–Trinajstić information content (AvgIpc) is 3.39. The Hall–Kier alpha value is -2.38. The highest BCUT2D eigenvalue weighted by Crippen LogP contribution is 2.31. The molecular weight excluding hydrogens is 298 g/mol. The van der Waals surface area contributed by atoms with E-state index < -0.39 is 6.09 Å². The molecule has 0 bridgehead atoms. The summed E-state index contributed by atoms with van der Waals surface area (Å²) in [6, 6.07) is 3.43. The van der Waals surface area contributed by atoms with Gasteiger partial charge in [-0.3, -0.25) is 4.79 Å². The molecule has 2 fully saturated rings. The number of aromatic nitrogens is 2. The zero-order valence-electron chi connectivity index (χ0n) is 12.9. The Morgan fingerprint density at radius 2 is 1.91 bits per heavy atom. The average molecular weight is 319 g/mol. The lowest BCUT2D eigenvalue weighted by atomic mass is 10.3. The van der Waals surface area contributed by atoms with Gasteiger partial charge in [0.1, 0.15) is 0 Å². The van der Waals surface area contributed by atoms with Crippen LogP contribution in [0.25, 0.3) is 0 Å². The summed E-state index contributed by atoms with van der Waals surface area (Å²) >= 11 is 0. The van der Waals surface area contributed by atoms with Crippen LogP contribution in [-0.4, -0.2) is 64.9 Å². The molecule has 1 aromatic rings. The third kappa shape index (κ3) is 4.08. The van der Waals surface area contributed by atoms with Crippen molar-refractivity contribution >= 4 is 17.8 Å². The maximum absolute atomic E-state index is 12.0. The Bertz CT molecular complexity index is 565. The van der Waals surface area contributed by atoms with Crippen LogP contribution in [0.2, 0.25) is 0 Å². The maximum atomic E-state index is 12.0. The molecule has 1 aliphatic heterocycles. The lowest BCUT2D eigenvalue weighted by Crippen LogP contribution is -2.48. The Morgan fingerprint density at radius 3 is 2.48 bits per heavy atom. The number of hydrogen-bond acceptors (Lipinski definition) is 5. The van der Waals surface area contributed by atoms with Crippen molar-refractivity contribution in [1.82, 2.24) is 20.4 Å². The Morgan fingerprint density at radius 1 is 1.17 bits per heavy atom. The fourth-order valence-electron chi connectivity index (χ4n) is 2.63. The smallest absolute Gasteiger partial charge is 0.407 e. The lowest BCUT2D eigenvalue weighted by molar-refractivity contribution is 0.0946. The van der Waals surface area contributed by atoms with Gasteiger partial charge in [-0.2, -0.15) is 0 Å². The van der Waals surface area contributed by atoms with Crippen LogP contribution < -0.4 is 10.2 Å². The minimum atomic E-state index is -0.894. The van der Waals surface area contributed by atoms with E-state index in [2.05, 4.69) is 15.5 Å². The second-order valence-corrected chi connectivity index (χ2v) is 6.02. The fourth-order valence-corrected chi connectivity index (χ4v) is 2.63. The zero-order valence-corrected chi connectivity index (χ0v) is 12.9. The molecule has 8 nitrogen and oxygen atoms in total. The fraction of sp³-hybridized carbons (Fsp3) is 0.600. The molecule has 2 N–H and O–H groups in total. The Balaban J connectivity index is 1.50. The van der Waals surface area contributed by atoms with Gasteiger partial charge < -0.3 is 20.2 Å². The number of carboxylic acid groups (broad SMARTS) is 1. The van der Waals surface area contributed by atoms with Gasteiger partial charge >= 0.3 is 6.09 Å². The molecule has 1 aliphatic carbocycles. The van der Waals surface area contributed by atoms with Gasteiger partial charge in [0, 0.05) is 32.7 Å². The summed E-state index contributed by atoms with van der Waals surface area (Å²) in [7, 11) is 0. The molecule has 0 unspecified atom stereocenters. The van der Waals surface area contributed by atoms with Crippen LogP contribution in [0, 0.1) is 5.92 Å². The van der Waals surface area contributed by atoms with Crippen LogP contribution in [0.15, 0.2) is 12.1 Å². The minimum Gasteiger partial charge on any atom is -0.465 e. The number of rotatable bonds is 5. The van der Waals surface area contributed by atoms with E-state index >= 15 is 0 Å². The predicted octanol–water partition coefficient (Wildman–Crippen LogP) is 0.806. The number of carbonyl (C=O) groups is 2. The van der Waals surface area contributed by atoms with Crippen molar-refractivity contribution in [3.8, 4) is 0 Å². The molecule has 1 aromatic heterocycles. The molecule has 0 aromatic carbocycles. The molecule has 2 amide bonds. The third-order valence-electron chi connectivity index (χ3n) is 4.29. The minimum absolute atomic E-state index is 0.194. The molecule has 2 aliphatic rings. The highest BCUT2D eigenvalue weighted by molar-refractivity contribution is 5.92. The quantitative estimate of drug-likeness (QED) is 0.833. The number of anilines is 1. The molecule has 3 rings (SSSR count). The van der Waals surface area contributed by atoms with Crippen molar-refractivity contribution in [3.05, 3.63) is 17.8 Å². The number of amides is 2. The highest BCUT2D eigenvalue weighted by Gasteiger charge is 2.22. The standard InChI is InChI=1S/C15H21N5O3/c21-14(16-6-5-11-1-2-11)12-3-4-13(18-17-12)19-7-9-20(10-8-19)15(22)23/h3-4,11H,1-2,5-10H2,(H,16,21)(H,22,23). The molecule has 23 heavy (non-hydrogen) atoms. The van der Waals surface area contributed by atoms with Crippen molar-refractivity contribution in [1.29, 1.82) is 0 Å². The normalized spacial score (nSPS) is 17.9. The summed E-state index contributed by atoms with van der Waals surface area (Å²) in [5.74, 6) is 1.26. The first-order valence-corrected chi connectivity index (χ1v) is 7.98. The number of hydrogen-bond donors (Lipinski definition) is 2. The van der Waals surface area contributed by atoms with Crippen LogP contribution in [0.3, 0.4) is 0 Å². The molecule has 124 valence electrons. The van der Waals surface area contributed by atoms with Gasteiger partial charge in [-0.15, -0.1) is 10.2 Å². The molecule has 1 saturated carbocycles. The number of carbonyl (C=O) groups excluding carboxylic acids is 1. The Labute approximate surface area is 134 Å². The van der Waals surface area contributed by atoms with E-state index in [1.807, 2.05) is 4.90 Å². The van der Waals surface area contributed by atoms with Gasteiger partial charge in [0.2, 0.25) is 0 Å². The predicted molar refractivity (Wildman–Crippen MR) is 83.5 cm³/mol. The number of piperazine rings is 1. The SMILES string of the molecule is O=C(NCCC1CC1)c1ccc(N2CCN(C(=O)O)CC2)nn1. The van der Waals surface area contributed by atoms with Gasteiger partial charge in [-0.1, -0.05) is 12.8 Å². The highest BCUT2D eigenvalue weighted by atomic mass is 16.4. The van der Waals surface area contributed by atoms with Crippen LogP contribution >= 0.6 is 0 Å². The molecule has 1 saturated heterocycles. The molecule has 0 spiro atoms.